The number of benzene rings is 1. The van der Waals surface area contributed by atoms with E-state index in [1.807, 2.05) is 6.92 Å². The lowest BCUT2D eigenvalue weighted by atomic mass is 10.1. The summed E-state index contributed by atoms with van der Waals surface area (Å²) in [5.74, 6) is -1.55. The van der Waals surface area contributed by atoms with E-state index >= 15 is 0 Å². The second-order valence-electron chi connectivity index (χ2n) is 3.17. The van der Waals surface area contributed by atoms with E-state index in [2.05, 4.69) is 0 Å². The van der Waals surface area contributed by atoms with Crippen LogP contribution in [0, 0.1) is 6.92 Å². The second-order valence-corrected chi connectivity index (χ2v) is 3.17. The second kappa shape index (κ2) is 4.41. The summed E-state index contributed by atoms with van der Waals surface area (Å²) in [7, 11) is 0. The Morgan fingerprint density at radius 3 is 2.53 bits per heavy atom. The van der Waals surface area contributed by atoms with Crippen LogP contribution in [0.1, 0.15) is 21.5 Å². The number of primary amides is 1. The molecule has 0 radical (unpaired) electrons. The summed E-state index contributed by atoms with van der Waals surface area (Å²) in [6.45, 7) is 1.81. The minimum absolute atomic E-state index is 0.375. The third-order valence-corrected chi connectivity index (χ3v) is 1.80. The maximum atomic E-state index is 10.9. The Labute approximate surface area is 87.0 Å². The van der Waals surface area contributed by atoms with Crippen LogP contribution >= 0.6 is 0 Å². The standard InChI is InChI=1S/C11H11NO3/c1-7-4-8(2-3-10(13)14)6-9(5-7)11(12)15/h2-6H,1H3,(H2,12,15)(H,13,14)/b3-2+. The lowest BCUT2D eigenvalue weighted by molar-refractivity contribution is -0.131. The summed E-state index contributed by atoms with van der Waals surface area (Å²) in [4.78, 5) is 21.2. The van der Waals surface area contributed by atoms with Crippen LogP contribution in [0.4, 0.5) is 0 Å². The number of amides is 1. The first kappa shape index (κ1) is 11.0. The zero-order valence-electron chi connectivity index (χ0n) is 8.23. The van der Waals surface area contributed by atoms with Crippen LogP contribution in [0.15, 0.2) is 24.3 Å². The van der Waals surface area contributed by atoms with Crippen LogP contribution in [-0.4, -0.2) is 17.0 Å². The van der Waals surface area contributed by atoms with E-state index < -0.39 is 11.9 Å². The highest BCUT2D eigenvalue weighted by molar-refractivity contribution is 5.94. The van der Waals surface area contributed by atoms with Crippen molar-refractivity contribution in [2.45, 2.75) is 6.92 Å². The average Bonchev–Trinajstić information content (AvgIpc) is 2.13. The molecule has 0 bridgehead atoms. The molecule has 0 heterocycles. The summed E-state index contributed by atoms with van der Waals surface area (Å²) in [6, 6.07) is 4.97. The van der Waals surface area contributed by atoms with Crippen molar-refractivity contribution in [2.24, 2.45) is 5.73 Å². The molecule has 0 fully saturated rings. The molecule has 0 aromatic heterocycles. The first-order valence-corrected chi connectivity index (χ1v) is 4.31. The molecule has 1 rings (SSSR count). The van der Waals surface area contributed by atoms with Gasteiger partial charge in [-0.3, -0.25) is 4.79 Å². The van der Waals surface area contributed by atoms with Gasteiger partial charge in [-0.25, -0.2) is 4.79 Å². The largest absolute Gasteiger partial charge is 0.478 e. The molecule has 0 spiro atoms. The number of nitrogens with two attached hydrogens (primary N) is 1. The molecular formula is C11H11NO3. The Bertz CT molecular complexity index is 435. The Morgan fingerprint density at radius 1 is 1.33 bits per heavy atom. The normalized spacial score (nSPS) is 10.5. The van der Waals surface area contributed by atoms with Crippen molar-refractivity contribution in [3.63, 3.8) is 0 Å². The molecule has 0 atom stereocenters. The van der Waals surface area contributed by atoms with Crippen LogP contribution in [0.5, 0.6) is 0 Å². The van der Waals surface area contributed by atoms with E-state index in [9.17, 15) is 9.59 Å². The predicted octanol–water partition coefficient (Wildman–Crippen LogP) is 1.19. The van der Waals surface area contributed by atoms with E-state index in [0.29, 0.717) is 11.1 Å². The van der Waals surface area contributed by atoms with Crippen molar-refractivity contribution in [3.05, 3.63) is 41.0 Å². The van der Waals surface area contributed by atoms with E-state index in [1.165, 1.54) is 6.08 Å². The number of aliphatic carboxylic acids is 1. The van der Waals surface area contributed by atoms with Crippen molar-refractivity contribution in [2.75, 3.05) is 0 Å². The molecule has 0 unspecified atom stereocenters. The molecule has 1 aromatic rings. The number of carboxylic acids is 1. The van der Waals surface area contributed by atoms with Gasteiger partial charge >= 0.3 is 5.97 Å². The quantitative estimate of drug-likeness (QED) is 0.727. The minimum Gasteiger partial charge on any atom is -0.478 e. The summed E-state index contributed by atoms with van der Waals surface area (Å²) in [5.41, 5.74) is 7.01. The molecule has 78 valence electrons. The van der Waals surface area contributed by atoms with Gasteiger partial charge in [-0.05, 0) is 36.3 Å². The third kappa shape index (κ3) is 3.27. The van der Waals surface area contributed by atoms with Crippen LogP contribution in [-0.2, 0) is 4.79 Å². The zero-order valence-corrected chi connectivity index (χ0v) is 8.23. The van der Waals surface area contributed by atoms with Gasteiger partial charge in [0.25, 0.3) is 0 Å². The maximum Gasteiger partial charge on any atom is 0.328 e. The SMILES string of the molecule is Cc1cc(/C=C/C(=O)O)cc(C(N)=O)c1. The minimum atomic E-state index is -1.03. The van der Waals surface area contributed by atoms with Crippen molar-refractivity contribution in [3.8, 4) is 0 Å². The molecule has 4 nitrogen and oxygen atoms in total. The summed E-state index contributed by atoms with van der Waals surface area (Å²) in [5, 5.41) is 8.44. The van der Waals surface area contributed by atoms with Crippen LogP contribution < -0.4 is 5.73 Å². The maximum absolute atomic E-state index is 10.9. The molecule has 4 heteroatoms. The number of carboxylic acid groups (broad SMARTS) is 1. The number of carbonyl (C=O) groups excluding carboxylic acids is 1. The number of aryl methyl sites for hydroxylation is 1. The lowest BCUT2D eigenvalue weighted by Gasteiger charge is -2.00. The van der Waals surface area contributed by atoms with Gasteiger partial charge in [0.2, 0.25) is 5.91 Å². The molecular weight excluding hydrogens is 194 g/mol. The Morgan fingerprint density at radius 2 is 2.00 bits per heavy atom. The third-order valence-electron chi connectivity index (χ3n) is 1.80. The van der Waals surface area contributed by atoms with E-state index in [-0.39, 0.29) is 0 Å². The van der Waals surface area contributed by atoms with Gasteiger partial charge in [-0.15, -0.1) is 0 Å². The molecule has 0 saturated heterocycles. The molecule has 1 amide bonds. The highest BCUT2D eigenvalue weighted by Gasteiger charge is 2.01. The van der Waals surface area contributed by atoms with Gasteiger partial charge in [0.1, 0.15) is 0 Å². The molecule has 3 N–H and O–H groups in total. The molecule has 0 aliphatic heterocycles. The highest BCUT2D eigenvalue weighted by Crippen LogP contribution is 2.10. The Balaban J connectivity index is 3.09. The number of carbonyl (C=O) groups is 2. The molecule has 0 aliphatic carbocycles. The zero-order chi connectivity index (χ0) is 11.4. The van der Waals surface area contributed by atoms with Gasteiger partial charge in [-0.2, -0.15) is 0 Å². The van der Waals surface area contributed by atoms with E-state index in [4.69, 9.17) is 10.8 Å². The fourth-order valence-electron chi connectivity index (χ4n) is 1.22. The smallest absolute Gasteiger partial charge is 0.328 e. The first-order valence-electron chi connectivity index (χ1n) is 4.31. The van der Waals surface area contributed by atoms with E-state index in [1.54, 1.807) is 18.2 Å². The Hall–Kier alpha value is -2.10. The summed E-state index contributed by atoms with van der Waals surface area (Å²) >= 11 is 0. The van der Waals surface area contributed by atoms with Crippen molar-refractivity contribution in [1.82, 2.24) is 0 Å². The monoisotopic (exact) mass is 205 g/mol. The predicted molar refractivity (Wildman–Crippen MR) is 56.4 cm³/mol. The van der Waals surface area contributed by atoms with Crippen LogP contribution in [0.25, 0.3) is 6.08 Å². The molecule has 1 aromatic carbocycles. The topological polar surface area (TPSA) is 80.4 Å². The lowest BCUT2D eigenvalue weighted by Crippen LogP contribution is -2.11. The highest BCUT2D eigenvalue weighted by atomic mass is 16.4. The molecule has 0 aliphatic rings. The summed E-state index contributed by atoms with van der Waals surface area (Å²) < 4.78 is 0. The number of rotatable bonds is 3. The molecule has 0 saturated carbocycles. The van der Waals surface area contributed by atoms with Crippen LogP contribution in [0.2, 0.25) is 0 Å². The van der Waals surface area contributed by atoms with Gasteiger partial charge < -0.3 is 10.8 Å². The first-order chi connectivity index (χ1) is 6.99. The average molecular weight is 205 g/mol. The fraction of sp³-hybridized carbons (Fsp3) is 0.0909. The molecule has 15 heavy (non-hydrogen) atoms. The van der Waals surface area contributed by atoms with Crippen LogP contribution in [0.3, 0.4) is 0 Å². The van der Waals surface area contributed by atoms with Gasteiger partial charge in [-0.1, -0.05) is 6.07 Å². The Kier molecular flexibility index (Phi) is 3.23. The van der Waals surface area contributed by atoms with E-state index in [0.717, 1.165) is 11.6 Å². The van der Waals surface area contributed by atoms with Gasteiger partial charge in [0.15, 0.2) is 0 Å². The van der Waals surface area contributed by atoms with Gasteiger partial charge in [0, 0.05) is 11.6 Å². The number of hydrogen-bond acceptors (Lipinski definition) is 2. The van der Waals surface area contributed by atoms with Crippen molar-refractivity contribution in [1.29, 1.82) is 0 Å². The van der Waals surface area contributed by atoms with Crippen molar-refractivity contribution < 1.29 is 14.7 Å². The van der Waals surface area contributed by atoms with Crippen molar-refractivity contribution >= 4 is 18.0 Å². The number of hydrogen-bond donors (Lipinski definition) is 2. The van der Waals surface area contributed by atoms with Gasteiger partial charge in [0.05, 0.1) is 0 Å². The fourth-order valence-corrected chi connectivity index (χ4v) is 1.22. The summed E-state index contributed by atoms with van der Waals surface area (Å²) in [6.07, 6.45) is 2.43.